The molecule has 2 aromatic rings. The van der Waals surface area contributed by atoms with Crippen molar-refractivity contribution in [2.75, 3.05) is 5.32 Å². The van der Waals surface area contributed by atoms with Gasteiger partial charge in [0.1, 0.15) is 5.92 Å². The number of H-pyrrole nitrogens is 1. The molecule has 0 saturated heterocycles. The van der Waals surface area contributed by atoms with Gasteiger partial charge in [0.05, 0.1) is 0 Å². The van der Waals surface area contributed by atoms with Gasteiger partial charge >= 0.3 is 0 Å². The van der Waals surface area contributed by atoms with E-state index in [9.17, 15) is 4.79 Å². The average Bonchev–Trinajstić information content (AvgIpc) is 2.85. The van der Waals surface area contributed by atoms with Gasteiger partial charge in [-0.05, 0) is 36.1 Å². The number of hydrogen-bond donors (Lipinski definition) is 2. The van der Waals surface area contributed by atoms with Gasteiger partial charge < -0.3 is 5.32 Å². The van der Waals surface area contributed by atoms with Crippen molar-refractivity contribution >= 4 is 23.2 Å². The van der Waals surface area contributed by atoms with Crippen LogP contribution in [-0.4, -0.2) is 26.5 Å². The number of aromatic amines is 1. The van der Waals surface area contributed by atoms with E-state index in [1.165, 1.54) is 0 Å². The van der Waals surface area contributed by atoms with Gasteiger partial charge in [0.2, 0.25) is 5.91 Å². The molecule has 1 unspecified atom stereocenters. The molecule has 0 aliphatic carbocycles. The van der Waals surface area contributed by atoms with Crippen LogP contribution < -0.4 is 5.32 Å². The summed E-state index contributed by atoms with van der Waals surface area (Å²) in [6.07, 6.45) is 0. The lowest BCUT2D eigenvalue weighted by molar-refractivity contribution is -0.119. The molecular weight excluding hydrogens is 290 g/mol. The number of rotatable bonds is 3. The lowest BCUT2D eigenvalue weighted by atomic mass is 9.79. The molecule has 21 heavy (non-hydrogen) atoms. The van der Waals surface area contributed by atoms with Gasteiger partial charge in [-0.1, -0.05) is 37.6 Å². The normalized spacial score (nSPS) is 13.0. The summed E-state index contributed by atoms with van der Waals surface area (Å²) >= 11 is 5.99. The maximum Gasteiger partial charge on any atom is 0.235 e. The molecule has 1 aromatic carbocycles. The Kier molecular flexibility index (Phi) is 4.27. The number of aromatic nitrogens is 4. The molecule has 0 fully saturated rings. The molecule has 0 aliphatic rings. The van der Waals surface area contributed by atoms with Gasteiger partial charge in [0, 0.05) is 10.7 Å². The molecule has 0 saturated carbocycles. The van der Waals surface area contributed by atoms with Gasteiger partial charge in [0.25, 0.3) is 0 Å². The van der Waals surface area contributed by atoms with Crippen LogP contribution in [0.4, 0.5) is 5.69 Å². The molecule has 2 rings (SSSR count). The zero-order valence-corrected chi connectivity index (χ0v) is 13.2. The first-order chi connectivity index (χ1) is 9.79. The highest BCUT2D eigenvalue weighted by Crippen LogP contribution is 2.34. The fraction of sp³-hybridized carbons (Fsp3) is 0.429. The molecule has 6 nitrogen and oxygen atoms in total. The molecule has 0 aliphatic heterocycles. The van der Waals surface area contributed by atoms with Crippen molar-refractivity contribution in [1.29, 1.82) is 0 Å². The van der Waals surface area contributed by atoms with Gasteiger partial charge in [0.15, 0.2) is 5.82 Å². The maximum atomic E-state index is 12.6. The summed E-state index contributed by atoms with van der Waals surface area (Å²) in [7, 11) is 0. The number of carbonyl (C=O) groups is 1. The lowest BCUT2D eigenvalue weighted by Gasteiger charge is -2.26. The third kappa shape index (κ3) is 3.58. The number of aryl methyl sites for hydroxylation is 1. The average molecular weight is 308 g/mol. The molecule has 1 aromatic heterocycles. The van der Waals surface area contributed by atoms with Crippen LogP contribution in [0.25, 0.3) is 0 Å². The Hall–Kier alpha value is -1.95. The summed E-state index contributed by atoms with van der Waals surface area (Å²) in [5.74, 6) is -0.302. The zero-order valence-electron chi connectivity index (χ0n) is 12.4. The second kappa shape index (κ2) is 5.81. The van der Waals surface area contributed by atoms with Gasteiger partial charge in [-0.2, -0.15) is 5.21 Å². The van der Waals surface area contributed by atoms with Gasteiger partial charge in [-0.25, -0.2) is 0 Å². The molecule has 2 N–H and O–H groups in total. The van der Waals surface area contributed by atoms with Crippen LogP contribution in [0.15, 0.2) is 18.2 Å². The highest BCUT2D eigenvalue weighted by molar-refractivity contribution is 6.31. The van der Waals surface area contributed by atoms with E-state index in [-0.39, 0.29) is 11.3 Å². The van der Waals surface area contributed by atoms with Crippen molar-refractivity contribution < 1.29 is 4.79 Å². The smallest absolute Gasteiger partial charge is 0.235 e. The van der Waals surface area contributed by atoms with E-state index in [4.69, 9.17) is 11.6 Å². The molecule has 1 atom stereocenters. The number of carbonyl (C=O) groups excluding carboxylic acids is 1. The topological polar surface area (TPSA) is 83.6 Å². The first kappa shape index (κ1) is 15.4. The minimum Gasteiger partial charge on any atom is -0.325 e. The largest absolute Gasteiger partial charge is 0.325 e. The molecule has 1 heterocycles. The zero-order chi connectivity index (χ0) is 15.6. The molecular formula is C14H18ClN5O. The van der Waals surface area contributed by atoms with E-state index in [1.807, 2.05) is 33.8 Å². The SMILES string of the molecule is Cc1cc(NC(=O)C(c2nn[nH]n2)C(C)(C)C)ccc1Cl. The van der Waals surface area contributed by atoms with E-state index >= 15 is 0 Å². The van der Waals surface area contributed by atoms with Crippen LogP contribution in [0.2, 0.25) is 5.02 Å². The van der Waals surface area contributed by atoms with Gasteiger partial charge in [-0.3, -0.25) is 4.79 Å². The van der Waals surface area contributed by atoms with Crippen molar-refractivity contribution in [3.05, 3.63) is 34.6 Å². The van der Waals surface area contributed by atoms with Crippen molar-refractivity contribution in [3.63, 3.8) is 0 Å². The summed E-state index contributed by atoms with van der Waals surface area (Å²) < 4.78 is 0. The number of amides is 1. The van der Waals surface area contributed by atoms with E-state index < -0.39 is 5.92 Å². The third-order valence-electron chi connectivity index (χ3n) is 3.17. The van der Waals surface area contributed by atoms with Crippen molar-refractivity contribution in [1.82, 2.24) is 20.6 Å². The standard InChI is InChI=1S/C14H18ClN5O/c1-8-7-9(5-6-10(8)15)16-13(21)11(14(2,3)4)12-17-19-20-18-12/h5-7,11H,1-4H3,(H,16,21)(H,17,18,19,20). The first-order valence-electron chi connectivity index (χ1n) is 6.59. The summed E-state index contributed by atoms with van der Waals surface area (Å²) in [5.41, 5.74) is 1.26. The molecule has 0 spiro atoms. The second-order valence-electron chi connectivity index (χ2n) is 6.02. The Bertz CT molecular complexity index is 633. The van der Waals surface area contributed by atoms with Crippen LogP contribution in [0.5, 0.6) is 0 Å². The summed E-state index contributed by atoms with van der Waals surface area (Å²) in [6, 6.07) is 5.35. The minimum absolute atomic E-state index is 0.175. The maximum absolute atomic E-state index is 12.6. The van der Waals surface area contributed by atoms with E-state index in [2.05, 4.69) is 25.9 Å². The van der Waals surface area contributed by atoms with Gasteiger partial charge in [-0.15, -0.1) is 10.2 Å². The minimum atomic E-state index is -0.507. The highest BCUT2D eigenvalue weighted by atomic mass is 35.5. The predicted octanol–water partition coefficient (Wildman–Crippen LogP) is 2.93. The third-order valence-corrected chi connectivity index (χ3v) is 3.60. The summed E-state index contributed by atoms with van der Waals surface area (Å²) in [6.45, 7) is 7.76. The van der Waals surface area contributed by atoms with Crippen molar-refractivity contribution in [3.8, 4) is 0 Å². The fourth-order valence-corrected chi connectivity index (χ4v) is 2.24. The second-order valence-corrected chi connectivity index (χ2v) is 6.43. The number of anilines is 1. The van der Waals surface area contributed by atoms with Crippen molar-refractivity contribution in [2.24, 2.45) is 5.41 Å². The van der Waals surface area contributed by atoms with Crippen LogP contribution in [0, 0.1) is 12.3 Å². The Morgan fingerprint density at radius 1 is 1.38 bits per heavy atom. The number of benzene rings is 1. The number of hydrogen-bond acceptors (Lipinski definition) is 4. The number of tetrazole rings is 1. The molecule has 0 bridgehead atoms. The Balaban J connectivity index is 2.25. The van der Waals surface area contributed by atoms with E-state index in [0.29, 0.717) is 16.5 Å². The fourth-order valence-electron chi connectivity index (χ4n) is 2.13. The van der Waals surface area contributed by atoms with E-state index in [0.717, 1.165) is 5.56 Å². The monoisotopic (exact) mass is 307 g/mol. The number of nitrogens with zero attached hydrogens (tertiary/aromatic N) is 3. The summed E-state index contributed by atoms with van der Waals surface area (Å²) in [4.78, 5) is 12.6. The Morgan fingerprint density at radius 2 is 2.10 bits per heavy atom. The van der Waals surface area contributed by atoms with E-state index in [1.54, 1.807) is 12.1 Å². The Labute approximate surface area is 128 Å². The molecule has 112 valence electrons. The summed E-state index contributed by atoms with van der Waals surface area (Å²) in [5, 5.41) is 17.4. The highest BCUT2D eigenvalue weighted by Gasteiger charge is 2.36. The predicted molar refractivity (Wildman–Crippen MR) is 81.2 cm³/mol. The first-order valence-corrected chi connectivity index (χ1v) is 6.97. The molecule has 7 heteroatoms. The number of nitrogens with one attached hydrogen (secondary N) is 2. The van der Waals surface area contributed by atoms with Crippen LogP contribution in [0.3, 0.4) is 0 Å². The van der Waals surface area contributed by atoms with Crippen LogP contribution >= 0.6 is 11.6 Å². The lowest BCUT2D eigenvalue weighted by Crippen LogP contribution is -2.32. The quantitative estimate of drug-likeness (QED) is 0.913. The molecule has 1 amide bonds. The number of halogens is 1. The van der Waals surface area contributed by atoms with Crippen molar-refractivity contribution in [2.45, 2.75) is 33.6 Å². The Morgan fingerprint density at radius 3 is 2.62 bits per heavy atom. The van der Waals surface area contributed by atoms with Crippen LogP contribution in [-0.2, 0) is 4.79 Å². The van der Waals surface area contributed by atoms with Crippen LogP contribution in [0.1, 0.15) is 38.1 Å². The molecule has 0 radical (unpaired) electrons.